The molecule has 130 valence electrons. The van der Waals surface area contributed by atoms with Gasteiger partial charge < -0.3 is 5.32 Å². The fraction of sp³-hybridized carbons (Fsp3) is 0.421. The number of nitrogens with one attached hydrogen (secondary N) is 1. The minimum atomic E-state index is -0.278. The number of hydrogen-bond donors (Lipinski definition) is 1. The summed E-state index contributed by atoms with van der Waals surface area (Å²) in [6, 6.07) is 5.34. The van der Waals surface area contributed by atoms with Crippen LogP contribution in [0.3, 0.4) is 0 Å². The molecule has 3 amide bonds. The Morgan fingerprint density at radius 1 is 1.16 bits per heavy atom. The predicted octanol–water partition coefficient (Wildman–Crippen LogP) is 2.91. The van der Waals surface area contributed by atoms with E-state index < -0.39 is 0 Å². The third-order valence-corrected chi connectivity index (χ3v) is 5.84. The number of imide groups is 1. The number of nitrogens with zero attached hydrogens (tertiary/aromatic N) is 1. The van der Waals surface area contributed by atoms with E-state index in [1.165, 1.54) is 4.90 Å². The number of rotatable bonds is 5. The van der Waals surface area contributed by atoms with Crippen molar-refractivity contribution in [3.05, 3.63) is 46.0 Å². The van der Waals surface area contributed by atoms with Crippen molar-refractivity contribution in [2.75, 3.05) is 6.54 Å². The van der Waals surface area contributed by atoms with Crippen molar-refractivity contribution >= 4 is 33.7 Å². The number of halogens is 1. The Kier molecular flexibility index (Phi) is 4.23. The van der Waals surface area contributed by atoms with Crippen molar-refractivity contribution in [1.29, 1.82) is 0 Å². The molecular formula is C19H19BrN2O3. The summed E-state index contributed by atoms with van der Waals surface area (Å²) in [5, 5.41) is 3.10. The monoisotopic (exact) mass is 402 g/mol. The average Bonchev–Trinajstić information content (AvgIpc) is 3.25. The van der Waals surface area contributed by atoms with Gasteiger partial charge in [-0.2, -0.15) is 0 Å². The zero-order valence-corrected chi connectivity index (χ0v) is 15.3. The van der Waals surface area contributed by atoms with E-state index in [4.69, 9.17) is 0 Å². The van der Waals surface area contributed by atoms with Crippen LogP contribution in [0.15, 0.2) is 34.8 Å². The van der Waals surface area contributed by atoms with Crippen LogP contribution in [-0.4, -0.2) is 35.2 Å². The first-order chi connectivity index (χ1) is 12.0. The smallest absolute Gasteiger partial charge is 0.261 e. The van der Waals surface area contributed by atoms with E-state index in [2.05, 4.69) is 33.4 Å². The highest BCUT2D eigenvalue weighted by atomic mass is 79.9. The van der Waals surface area contributed by atoms with E-state index in [1.807, 2.05) is 0 Å². The number of hydrogen-bond acceptors (Lipinski definition) is 3. The van der Waals surface area contributed by atoms with E-state index in [-0.39, 0.29) is 30.3 Å². The average molecular weight is 403 g/mol. The maximum atomic E-state index is 12.4. The molecule has 1 aromatic rings. The zero-order valence-electron chi connectivity index (χ0n) is 13.7. The second kappa shape index (κ2) is 6.41. The largest absolute Gasteiger partial charge is 0.353 e. The second-order valence-corrected chi connectivity index (χ2v) is 7.93. The molecule has 1 fully saturated rings. The molecule has 0 saturated heterocycles. The number of amides is 3. The van der Waals surface area contributed by atoms with E-state index in [9.17, 15) is 14.4 Å². The molecule has 4 rings (SSSR count). The van der Waals surface area contributed by atoms with E-state index in [0.29, 0.717) is 35.8 Å². The Labute approximate surface area is 154 Å². The Hall–Kier alpha value is -1.95. The molecule has 3 aliphatic rings. The summed E-state index contributed by atoms with van der Waals surface area (Å²) in [4.78, 5) is 38.1. The van der Waals surface area contributed by atoms with Crippen LogP contribution < -0.4 is 5.32 Å². The number of fused-ring (bicyclic) bond motifs is 3. The van der Waals surface area contributed by atoms with E-state index >= 15 is 0 Å². The topological polar surface area (TPSA) is 66.5 Å². The molecule has 1 aliphatic heterocycles. The van der Waals surface area contributed by atoms with Crippen molar-refractivity contribution in [3.63, 3.8) is 0 Å². The van der Waals surface area contributed by atoms with Gasteiger partial charge >= 0.3 is 0 Å². The fourth-order valence-corrected chi connectivity index (χ4v) is 4.45. The summed E-state index contributed by atoms with van der Waals surface area (Å²) in [5.41, 5.74) is 0.865. The van der Waals surface area contributed by atoms with Crippen LogP contribution in [0.25, 0.3) is 0 Å². The highest BCUT2D eigenvalue weighted by Crippen LogP contribution is 2.39. The van der Waals surface area contributed by atoms with Crippen LogP contribution in [0.4, 0.5) is 0 Å². The van der Waals surface area contributed by atoms with Crippen molar-refractivity contribution in [1.82, 2.24) is 10.2 Å². The van der Waals surface area contributed by atoms with Gasteiger partial charge in [0.25, 0.3) is 11.8 Å². The van der Waals surface area contributed by atoms with Gasteiger partial charge in [-0.3, -0.25) is 19.3 Å². The van der Waals surface area contributed by atoms with Crippen molar-refractivity contribution in [2.24, 2.45) is 11.8 Å². The van der Waals surface area contributed by atoms with Crippen LogP contribution in [0.2, 0.25) is 0 Å². The van der Waals surface area contributed by atoms with Crippen molar-refractivity contribution in [3.8, 4) is 0 Å². The summed E-state index contributed by atoms with van der Waals surface area (Å²) in [5.74, 6) is 0.549. The molecule has 3 unspecified atom stereocenters. The standard InChI is InChI=1S/C19H19BrN2O3/c20-13-5-6-14-15(10-13)19(25)22(18(14)24)7-1-2-17(23)21-16-9-11-3-4-12(16)8-11/h3-6,10-12,16H,1-2,7-9H2,(H,21,23). The summed E-state index contributed by atoms with van der Waals surface area (Å²) >= 11 is 3.32. The van der Waals surface area contributed by atoms with Gasteiger partial charge in [0, 0.05) is 23.5 Å². The lowest BCUT2D eigenvalue weighted by Gasteiger charge is -2.20. The van der Waals surface area contributed by atoms with Gasteiger partial charge in [-0.1, -0.05) is 28.1 Å². The van der Waals surface area contributed by atoms with Crippen LogP contribution in [0.5, 0.6) is 0 Å². The van der Waals surface area contributed by atoms with Gasteiger partial charge in [0.1, 0.15) is 0 Å². The van der Waals surface area contributed by atoms with Crippen molar-refractivity contribution < 1.29 is 14.4 Å². The van der Waals surface area contributed by atoms with Gasteiger partial charge in [-0.05, 0) is 49.3 Å². The van der Waals surface area contributed by atoms with Crippen LogP contribution in [0.1, 0.15) is 46.4 Å². The highest BCUT2D eigenvalue weighted by molar-refractivity contribution is 9.10. The lowest BCUT2D eigenvalue weighted by Crippen LogP contribution is -2.38. The third-order valence-electron chi connectivity index (χ3n) is 5.34. The summed E-state index contributed by atoms with van der Waals surface area (Å²) in [7, 11) is 0. The Bertz CT molecular complexity index is 789. The molecule has 0 aromatic heterocycles. The first kappa shape index (κ1) is 16.5. The maximum absolute atomic E-state index is 12.4. The molecule has 25 heavy (non-hydrogen) atoms. The van der Waals surface area contributed by atoms with Gasteiger partial charge in [-0.15, -0.1) is 0 Å². The van der Waals surface area contributed by atoms with Crippen LogP contribution in [0, 0.1) is 11.8 Å². The molecule has 1 N–H and O–H groups in total. The maximum Gasteiger partial charge on any atom is 0.261 e. The fourth-order valence-electron chi connectivity index (χ4n) is 4.09. The molecule has 3 atom stereocenters. The van der Waals surface area contributed by atoms with Gasteiger partial charge in [0.05, 0.1) is 11.1 Å². The molecule has 2 bridgehead atoms. The van der Waals surface area contributed by atoms with Crippen molar-refractivity contribution in [2.45, 2.75) is 31.7 Å². The van der Waals surface area contributed by atoms with Crippen LogP contribution >= 0.6 is 15.9 Å². The third kappa shape index (κ3) is 3.03. The molecule has 2 aliphatic carbocycles. The highest BCUT2D eigenvalue weighted by Gasteiger charge is 2.37. The molecule has 5 nitrogen and oxygen atoms in total. The van der Waals surface area contributed by atoms with Gasteiger partial charge in [-0.25, -0.2) is 0 Å². The van der Waals surface area contributed by atoms with Crippen LogP contribution in [-0.2, 0) is 4.79 Å². The number of allylic oxidation sites excluding steroid dienone is 1. The van der Waals surface area contributed by atoms with E-state index in [0.717, 1.165) is 17.3 Å². The molecule has 1 aromatic carbocycles. The normalized spacial score (nSPS) is 26.4. The summed E-state index contributed by atoms with van der Waals surface area (Å²) < 4.78 is 0.772. The Balaban J connectivity index is 1.29. The van der Waals surface area contributed by atoms with E-state index in [1.54, 1.807) is 18.2 Å². The lowest BCUT2D eigenvalue weighted by atomic mass is 10.0. The van der Waals surface area contributed by atoms with Gasteiger partial charge in [0.15, 0.2) is 0 Å². The minimum Gasteiger partial charge on any atom is -0.353 e. The van der Waals surface area contributed by atoms with Gasteiger partial charge in [0.2, 0.25) is 5.91 Å². The lowest BCUT2D eigenvalue weighted by molar-refractivity contribution is -0.122. The molecule has 1 saturated carbocycles. The number of carbonyl (C=O) groups excluding carboxylic acids is 3. The quantitative estimate of drug-likeness (QED) is 0.608. The minimum absolute atomic E-state index is 0.00491. The number of benzene rings is 1. The number of carbonyl (C=O) groups is 3. The molecule has 6 heteroatoms. The predicted molar refractivity (Wildman–Crippen MR) is 96.0 cm³/mol. The molecule has 1 heterocycles. The Morgan fingerprint density at radius 2 is 1.96 bits per heavy atom. The second-order valence-electron chi connectivity index (χ2n) is 7.01. The summed E-state index contributed by atoms with van der Waals surface area (Å²) in [6.45, 7) is 0.272. The summed E-state index contributed by atoms with van der Waals surface area (Å²) in [6.07, 6.45) is 7.43. The SMILES string of the molecule is O=C(CCCN1C(=O)c2ccc(Br)cc2C1=O)NC1CC2C=CC1C2. The first-order valence-corrected chi connectivity index (χ1v) is 9.45. The molecular weight excluding hydrogens is 384 g/mol. The zero-order chi connectivity index (χ0) is 17.6. The molecule has 0 spiro atoms. The molecule has 0 radical (unpaired) electrons. The Morgan fingerprint density at radius 3 is 2.68 bits per heavy atom. The first-order valence-electron chi connectivity index (χ1n) is 8.66.